The van der Waals surface area contributed by atoms with Gasteiger partial charge in [-0.3, -0.25) is 9.69 Å². The van der Waals surface area contributed by atoms with E-state index in [0.29, 0.717) is 16.4 Å². The van der Waals surface area contributed by atoms with E-state index in [9.17, 15) is 4.79 Å². The number of anilines is 2. The molecule has 2 aromatic carbocycles. The third-order valence-electron chi connectivity index (χ3n) is 4.28. The predicted molar refractivity (Wildman–Crippen MR) is 100 cm³/mol. The first-order valence-corrected chi connectivity index (χ1v) is 8.38. The molecule has 0 bridgehead atoms. The molecule has 124 valence electrons. The van der Waals surface area contributed by atoms with Crippen LogP contribution in [0, 0.1) is 6.92 Å². The van der Waals surface area contributed by atoms with Crippen LogP contribution in [0.4, 0.5) is 11.5 Å². The third-order valence-corrected chi connectivity index (χ3v) is 4.50. The number of pyridine rings is 1. The summed E-state index contributed by atoms with van der Waals surface area (Å²) in [7, 11) is 0. The van der Waals surface area contributed by atoms with Crippen LogP contribution in [0.5, 0.6) is 0 Å². The number of rotatable bonds is 3. The van der Waals surface area contributed by atoms with E-state index in [0.717, 1.165) is 11.3 Å². The summed E-state index contributed by atoms with van der Waals surface area (Å²) >= 11 is 5.94. The van der Waals surface area contributed by atoms with Gasteiger partial charge in [0.2, 0.25) is 0 Å². The summed E-state index contributed by atoms with van der Waals surface area (Å²) in [5, 5.41) is 3.99. The van der Waals surface area contributed by atoms with Crippen molar-refractivity contribution in [3.05, 3.63) is 88.6 Å². The maximum Gasteiger partial charge on any atom is 0.261 e. The first kappa shape index (κ1) is 15.7. The average Bonchev–Trinajstić information content (AvgIpc) is 2.90. The minimum atomic E-state index is -0.319. The minimum Gasteiger partial charge on any atom is -0.361 e. The van der Waals surface area contributed by atoms with Gasteiger partial charge in [-0.15, -0.1) is 0 Å². The Balaban J connectivity index is 1.77. The second kappa shape index (κ2) is 6.22. The van der Waals surface area contributed by atoms with Crippen LogP contribution in [0.3, 0.4) is 0 Å². The van der Waals surface area contributed by atoms with Crippen LogP contribution in [0.1, 0.15) is 27.7 Å². The van der Waals surface area contributed by atoms with Crippen molar-refractivity contribution < 1.29 is 4.79 Å². The van der Waals surface area contributed by atoms with Crippen LogP contribution in [-0.2, 0) is 0 Å². The molecular weight excluding hydrogens is 334 g/mol. The van der Waals surface area contributed by atoms with Gasteiger partial charge in [0.1, 0.15) is 12.0 Å². The molecule has 4 nitrogen and oxygen atoms in total. The summed E-state index contributed by atoms with van der Waals surface area (Å²) in [5.74, 6) is 0.491. The molecule has 1 N–H and O–H groups in total. The molecule has 0 spiro atoms. The zero-order chi connectivity index (χ0) is 17.4. The Morgan fingerprint density at radius 2 is 1.80 bits per heavy atom. The Labute approximate surface area is 151 Å². The first-order valence-electron chi connectivity index (χ1n) is 8.01. The number of amides is 1. The summed E-state index contributed by atoms with van der Waals surface area (Å²) in [6, 6.07) is 19.2. The molecule has 5 heteroatoms. The van der Waals surface area contributed by atoms with Gasteiger partial charge in [0.15, 0.2) is 0 Å². The lowest BCUT2D eigenvalue weighted by Crippen LogP contribution is -2.32. The maximum atomic E-state index is 12.9. The molecule has 0 fully saturated rings. The molecule has 0 saturated carbocycles. The van der Waals surface area contributed by atoms with Crippen LogP contribution >= 0.6 is 11.6 Å². The minimum absolute atomic E-state index is 0.0740. The Morgan fingerprint density at radius 1 is 1.04 bits per heavy atom. The second-order valence-electron chi connectivity index (χ2n) is 6.01. The summed E-state index contributed by atoms with van der Waals surface area (Å²) in [5.41, 5.74) is 3.75. The zero-order valence-corrected chi connectivity index (χ0v) is 14.4. The number of fused-ring (bicyclic) bond motifs is 1. The molecular formula is C20H16ClN3O. The molecule has 0 unspecified atom stereocenters. The lowest BCUT2D eigenvalue weighted by atomic mass is 10.1. The van der Waals surface area contributed by atoms with E-state index in [-0.39, 0.29) is 12.1 Å². The largest absolute Gasteiger partial charge is 0.361 e. The van der Waals surface area contributed by atoms with Crippen LogP contribution in [-0.4, -0.2) is 10.9 Å². The van der Waals surface area contributed by atoms with Crippen molar-refractivity contribution in [2.75, 3.05) is 10.2 Å². The third kappa shape index (κ3) is 2.85. The van der Waals surface area contributed by atoms with Gasteiger partial charge >= 0.3 is 0 Å². The summed E-state index contributed by atoms with van der Waals surface area (Å²) in [6.07, 6.45) is 1.23. The molecule has 1 aromatic heterocycles. The number of aromatic nitrogens is 1. The highest BCUT2D eigenvalue weighted by Gasteiger charge is 2.38. The van der Waals surface area contributed by atoms with Crippen molar-refractivity contribution in [2.24, 2.45) is 0 Å². The van der Waals surface area contributed by atoms with Crippen molar-refractivity contribution in [1.29, 1.82) is 0 Å². The molecule has 1 aliphatic rings. The van der Waals surface area contributed by atoms with Gasteiger partial charge in [-0.05, 0) is 37.3 Å². The monoisotopic (exact) mass is 349 g/mol. The van der Waals surface area contributed by atoms with Crippen LogP contribution in [0.15, 0.2) is 66.9 Å². The summed E-state index contributed by atoms with van der Waals surface area (Å²) < 4.78 is 0. The van der Waals surface area contributed by atoms with Crippen molar-refractivity contribution in [3.8, 4) is 0 Å². The summed E-state index contributed by atoms with van der Waals surface area (Å²) in [4.78, 5) is 19.0. The lowest BCUT2D eigenvalue weighted by Gasteiger charge is -2.26. The molecule has 25 heavy (non-hydrogen) atoms. The number of carbonyl (C=O) groups excluding carboxylic acids is 1. The molecule has 1 aliphatic heterocycles. The topological polar surface area (TPSA) is 45.2 Å². The fourth-order valence-corrected chi connectivity index (χ4v) is 3.12. The molecule has 0 saturated heterocycles. The molecule has 4 rings (SSSR count). The summed E-state index contributed by atoms with van der Waals surface area (Å²) in [6.45, 7) is 2.04. The van der Waals surface area contributed by atoms with Crippen LogP contribution in [0.2, 0.25) is 5.02 Å². The lowest BCUT2D eigenvalue weighted by molar-refractivity contribution is 0.0992. The highest BCUT2D eigenvalue weighted by Crippen LogP contribution is 2.37. The van der Waals surface area contributed by atoms with Gasteiger partial charge in [0.25, 0.3) is 5.91 Å². The first-order chi connectivity index (χ1) is 12.1. The predicted octanol–water partition coefficient (Wildman–Crippen LogP) is 4.81. The van der Waals surface area contributed by atoms with Gasteiger partial charge in [-0.2, -0.15) is 0 Å². The number of hydrogen-bond acceptors (Lipinski definition) is 3. The van der Waals surface area contributed by atoms with Crippen molar-refractivity contribution in [1.82, 2.24) is 4.98 Å². The van der Waals surface area contributed by atoms with Gasteiger partial charge in [0, 0.05) is 23.0 Å². The number of nitrogens with one attached hydrogen (secondary N) is 1. The molecule has 1 atom stereocenters. The normalized spacial score (nSPS) is 16.0. The van der Waals surface area contributed by atoms with Gasteiger partial charge < -0.3 is 5.32 Å². The van der Waals surface area contributed by atoms with Crippen molar-refractivity contribution in [3.63, 3.8) is 0 Å². The number of aryl methyl sites for hydroxylation is 1. The van der Waals surface area contributed by atoms with E-state index in [1.165, 1.54) is 5.56 Å². The Hall–Kier alpha value is -2.85. The number of hydrogen-bond donors (Lipinski definition) is 1. The van der Waals surface area contributed by atoms with Gasteiger partial charge in [-0.1, -0.05) is 47.5 Å². The van der Waals surface area contributed by atoms with Gasteiger partial charge in [0.05, 0.1) is 5.02 Å². The van der Waals surface area contributed by atoms with Crippen molar-refractivity contribution >= 4 is 29.0 Å². The maximum absolute atomic E-state index is 12.9. The second-order valence-corrected chi connectivity index (χ2v) is 6.45. The molecule has 3 aromatic rings. The van der Waals surface area contributed by atoms with E-state index >= 15 is 0 Å². The number of nitrogens with zero attached hydrogens (tertiary/aromatic N) is 2. The van der Waals surface area contributed by atoms with E-state index in [2.05, 4.69) is 10.3 Å². The quantitative estimate of drug-likeness (QED) is 0.737. The number of carbonyl (C=O) groups is 1. The number of benzene rings is 2. The molecule has 2 heterocycles. The molecule has 0 aliphatic carbocycles. The van der Waals surface area contributed by atoms with E-state index in [1.807, 2.05) is 55.5 Å². The number of halogens is 1. The van der Waals surface area contributed by atoms with Crippen molar-refractivity contribution in [2.45, 2.75) is 13.1 Å². The average molecular weight is 350 g/mol. The fourth-order valence-electron chi connectivity index (χ4n) is 3.01. The molecule has 1 amide bonds. The van der Waals surface area contributed by atoms with Gasteiger partial charge in [-0.25, -0.2) is 4.98 Å². The fraction of sp³-hybridized carbons (Fsp3) is 0.100. The van der Waals surface area contributed by atoms with Crippen LogP contribution in [0.25, 0.3) is 0 Å². The Kier molecular flexibility index (Phi) is 3.90. The Bertz CT molecular complexity index is 922. The SMILES string of the molecule is Cc1ccc(N[C@H]2c3ccccc3C(=O)N2c2ccc(Cl)cn2)cc1. The van der Waals surface area contributed by atoms with E-state index in [1.54, 1.807) is 23.2 Å². The Morgan fingerprint density at radius 3 is 2.52 bits per heavy atom. The van der Waals surface area contributed by atoms with E-state index < -0.39 is 0 Å². The molecule has 0 radical (unpaired) electrons. The smallest absolute Gasteiger partial charge is 0.261 e. The van der Waals surface area contributed by atoms with Crippen LogP contribution < -0.4 is 10.2 Å². The van der Waals surface area contributed by atoms with E-state index in [4.69, 9.17) is 11.6 Å². The zero-order valence-electron chi connectivity index (χ0n) is 13.6. The highest BCUT2D eigenvalue weighted by molar-refractivity contribution is 6.30. The highest BCUT2D eigenvalue weighted by atomic mass is 35.5. The standard InChI is InChI=1S/C20H16ClN3O/c1-13-6-9-15(10-7-13)23-19-16-4-2-3-5-17(16)20(25)24(19)18-11-8-14(21)12-22-18/h2-12,19,23H,1H3/t19-/m1/s1.